The maximum Gasteiger partial charge on any atom is 0.220 e. The van der Waals surface area contributed by atoms with E-state index in [-0.39, 0.29) is 61.6 Å². The number of amides is 2. The summed E-state index contributed by atoms with van der Waals surface area (Å²) in [6.45, 7) is 4.34. The van der Waals surface area contributed by atoms with Crippen molar-refractivity contribution in [1.29, 1.82) is 0 Å². The lowest BCUT2D eigenvalue weighted by molar-refractivity contribution is -0.123. The number of nitrogens with one attached hydrogen (secondary N) is 4. The van der Waals surface area contributed by atoms with Gasteiger partial charge in [-0.3, -0.25) is 25.1 Å². The molecule has 40 heavy (non-hydrogen) atoms. The van der Waals surface area contributed by atoms with E-state index in [9.17, 15) is 14.0 Å². The van der Waals surface area contributed by atoms with Crippen LogP contribution in [0, 0.1) is 11.8 Å². The van der Waals surface area contributed by atoms with Gasteiger partial charge in [0.05, 0.1) is 30.7 Å². The van der Waals surface area contributed by atoms with Gasteiger partial charge in [0.25, 0.3) is 0 Å². The van der Waals surface area contributed by atoms with Gasteiger partial charge in [-0.15, -0.1) is 11.6 Å². The molecule has 0 radical (unpaired) electrons. The summed E-state index contributed by atoms with van der Waals surface area (Å²) >= 11 is 6.14. The predicted molar refractivity (Wildman–Crippen MR) is 153 cm³/mol. The number of alkyl halides is 2. The molecule has 1 saturated carbocycles. The second-order valence-corrected chi connectivity index (χ2v) is 12.3. The van der Waals surface area contributed by atoms with E-state index in [0.717, 1.165) is 51.4 Å². The van der Waals surface area contributed by atoms with Crippen molar-refractivity contribution in [2.45, 2.75) is 101 Å². The molecular formula is C28H51ClFN5O5. The lowest BCUT2D eigenvalue weighted by Gasteiger charge is -2.41. The van der Waals surface area contributed by atoms with Crippen LogP contribution in [0.25, 0.3) is 0 Å². The van der Waals surface area contributed by atoms with Crippen LogP contribution in [0.15, 0.2) is 0 Å². The van der Waals surface area contributed by atoms with Crippen molar-refractivity contribution < 1.29 is 28.9 Å². The van der Waals surface area contributed by atoms with Crippen molar-refractivity contribution >= 4 is 23.4 Å². The zero-order chi connectivity index (χ0) is 28.7. The van der Waals surface area contributed by atoms with E-state index >= 15 is 0 Å². The summed E-state index contributed by atoms with van der Waals surface area (Å²) in [7, 11) is 0. The van der Waals surface area contributed by atoms with Gasteiger partial charge in [-0.25, -0.2) is 4.39 Å². The first-order valence-corrected chi connectivity index (χ1v) is 15.7. The smallest absolute Gasteiger partial charge is 0.220 e. The first-order chi connectivity index (χ1) is 19.4. The first-order valence-electron chi connectivity index (χ1n) is 15.3. The van der Waals surface area contributed by atoms with Gasteiger partial charge in [0.15, 0.2) is 0 Å². The van der Waals surface area contributed by atoms with Crippen LogP contribution in [-0.4, -0.2) is 109 Å². The molecule has 232 valence electrons. The molecule has 3 fully saturated rings. The molecule has 2 saturated heterocycles. The lowest BCUT2D eigenvalue weighted by atomic mass is 9.83. The molecule has 3 unspecified atom stereocenters. The standard InChI is InChI=1S/C28H51ClFN5O5/c29-22-16-32-28(33-17-22)35-11-8-20(9-12-35)4-3-13-40-24-7-6-21(25(30)15-24)14-27(39)31-10-2-1-5-26(38)34-23(18-36)19-37/h20-25,28,32-33,36-37H,1-19H2,(H,31,39)(H,34,38). The zero-order valence-electron chi connectivity index (χ0n) is 23.8. The molecule has 2 amide bonds. The summed E-state index contributed by atoms with van der Waals surface area (Å²) in [6, 6.07) is -0.641. The van der Waals surface area contributed by atoms with Crippen LogP contribution < -0.4 is 21.3 Å². The highest BCUT2D eigenvalue weighted by Crippen LogP contribution is 2.31. The Labute approximate surface area is 243 Å². The topological polar surface area (TPSA) is 135 Å². The maximum absolute atomic E-state index is 14.8. The molecular weight excluding hydrogens is 541 g/mol. The molecule has 1 aliphatic carbocycles. The number of hydrogen-bond donors (Lipinski definition) is 6. The summed E-state index contributed by atoms with van der Waals surface area (Å²) in [5.41, 5.74) is 0. The number of unbranched alkanes of at least 4 members (excludes halogenated alkanes) is 1. The van der Waals surface area contributed by atoms with Crippen molar-refractivity contribution in [1.82, 2.24) is 26.2 Å². The number of aliphatic hydroxyl groups excluding tert-OH is 2. The van der Waals surface area contributed by atoms with Gasteiger partial charge in [-0.1, -0.05) is 0 Å². The molecule has 0 spiro atoms. The Morgan fingerprint density at radius 3 is 2.42 bits per heavy atom. The minimum Gasteiger partial charge on any atom is -0.394 e. The second kappa shape index (κ2) is 18.5. The van der Waals surface area contributed by atoms with Gasteiger partial charge >= 0.3 is 0 Å². The average Bonchev–Trinajstić information content (AvgIpc) is 2.96. The maximum atomic E-state index is 14.8. The predicted octanol–water partition coefficient (Wildman–Crippen LogP) is 1.23. The minimum atomic E-state index is -1.03. The van der Waals surface area contributed by atoms with E-state index in [1.807, 2.05) is 0 Å². The molecule has 12 heteroatoms. The quantitative estimate of drug-likeness (QED) is 0.117. The van der Waals surface area contributed by atoms with Crippen LogP contribution in [0.5, 0.6) is 0 Å². The van der Waals surface area contributed by atoms with Gasteiger partial charge in [-0.05, 0) is 63.2 Å². The Bertz CT molecular complexity index is 736. The number of halogens is 2. The molecule has 0 aromatic carbocycles. The normalized spacial score (nSPS) is 28.5. The van der Waals surface area contributed by atoms with Crippen molar-refractivity contribution in [2.24, 2.45) is 11.8 Å². The molecule has 3 aliphatic rings. The summed E-state index contributed by atoms with van der Waals surface area (Å²) in [5, 5.41) is 30.4. The number of piperidine rings is 1. The van der Waals surface area contributed by atoms with Gasteiger partial charge < -0.3 is 25.6 Å². The van der Waals surface area contributed by atoms with Gasteiger partial charge in [0.1, 0.15) is 12.5 Å². The average molecular weight is 592 g/mol. The van der Waals surface area contributed by atoms with Crippen LogP contribution in [0.2, 0.25) is 0 Å². The summed E-state index contributed by atoms with van der Waals surface area (Å²) in [5.74, 6) is 0.0551. The third-order valence-corrected chi connectivity index (χ3v) is 8.76. The SMILES string of the molecule is O=C(CC1CCC(OCCCC2CCN(C3NCC(Cl)CN3)CC2)CC1F)NCCCCC(=O)NC(CO)CO. The molecule has 3 atom stereocenters. The largest absolute Gasteiger partial charge is 0.394 e. The van der Waals surface area contributed by atoms with E-state index in [2.05, 4.69) is 26.2 Å². The summed E-state index contributed by atoms with van der Waals surface area (Å²) < 4.78 is 20.8. The van der Waals surface area contributed by atoms with Crippen molar-refractivity contribution in [3.8, 4) is 0 Å². The summed E-state index contributed by atoms with van der Waals surface area (Å²) in [4.78, 5) is 26.5. The van der Waals surface area contributed by atoms with E-state index < -0.39 is 12.2 Å². The van der Waals surface area contributed by atoms with E-state index in [1.165, 1.54) is 12.8 Å². The fourth-order valence-electron chi connectivity index (χ4n) is 5.92. The van der Waals surface area contributed by atoms with E-state index in [1.54, 1.807) is 0 Å². The number of carbonyl (C=O) groups excluding carboxylic acids is 2. The van der Waals surface area contributed by atoms with Crippen molar-refractivity contribution in [2.75, 3.05) is 52.5 Å². The Morgan fingerprint density at radius 2 is 1.75 bits per heavy atom. The van der Waals surface area contributed by atoms with Crippen LogP contribution in [0.3, 0.4) is 0 Å². The van der Waals surface area contributed by atoms with Gasteiger partial charge in [0, 0.05) is 58.6 Å². The number of nitrogens with zero attached hydrogens (tertiary/aromatic N) is 1. The highest BCUT2D eigenvalue weighted by atomic mass is 35.5. The minimum absolute atomic E-state index is 0.0622. The number of likely N-dealkylation sites (tertiary alicyclic amines) is 1. The third-order valence-electron chi connectivity index (χ3n) is 8.46. The number of ether oxygens (including phenoxy) is 1. The number of rotatable bonds is 16. The first kappa shape index (κ1) is 33.4. The van der Waals surface area contributed by atoms with E-state index in [0.29, 0.717) is 38.8 Å². The van der Waals surface area contributed by atoms with Crippen molar-refractivity contribution in [3.63, 3.8) is 0 Å². The Morgan fingerprint density at radius 1 is 1.02 bits per heavy atom. The zero-order valence-corrected chi connectivity index (χ0v) is 24.6. The molecule has 0 bridgehead atoms. The molecule has 2 heterocycles. The number of aliphatic hydroxyl groups is 2. The van der Waals surface area contributed by atoms with Crippen LogP contribution in [-0.2, 0) is 14.3 Å². The Kier molecular flexibility index (Phi) is 15.4. The molecule has 10 nitrogen and oxygen atoms in total. The highest BCUT2D eigenvalue weighted by Gasteiger charge is 2.32. The number of hydrogen-bond acceptors (Lipinski definition) is 8. The van der Waals surface area contributed by atoms with E-state index in [4.69, 9.17) is 26.6 Å². The molecule has 3 rings (SSSR count). The Hall–Kier alpha value is -1.08. The molecule has 0 aromatic heterocycles. The van der Waals surface area contributed by atoms with Crippen molar-refractivity contribution in [3.05, 3.63) is 0 Å². The lowest BCUT2D eigenvalue weighted by Crippen LogP contribution is -2.62. The monoisotopic (exact) mass is 591 g/mol. The highest BCUT2D eigenvalue weighted by molar-refractivity contribution is 6.21. The third kappa shape index (κ3) is 12.0. The van der Waals surface area contributed by atoms with Crippen LogP contribution in [0.1, 0.15) is 70.6 Å². The fourth-order valence-corrected chi connectivity index (χ4v) is 6.10. The molecule has 2 aliphatic heterocycles. The molecule has 0 aromatic rings. The van der Waals surface area contributed by atoms with Crippen LogP contribution >= 0.6 is 11.6 Å². The Balaban J connectivity index is 1.18. The fraction of sp³-hybridized carbons (Fsp3) is 0.929. The van der Waals surface area contributed by atoms with Crippen LogP contribution in [0.4, 0.5) is 4.39 Å². The summed E-state index contributed by atoms with van der Waals surface area (Å²) in [6.07, 6.45) is 7.12. The van der Waals surface area contributed by atoms with Gasteiger partial charge in [0.2, 0.25) is 11.8 Å². The molecule has 6 N–H and O–H groups in total. The number of carbonyl (C=O) groups is 2. The second-order valence-electron chi connectivity index (χ2n) is 11.7. The van der Waals surface area contributed by atoms with Gasteiger partial charge in [-0.2, -0.15) is 0 Å².